The summed E-state index contributed by atoms with van der Waals surface area (Å²) in [5, 5.41) is 21.0. The number of rotatable bonds is 6. The summed E-state index contributed by atoms with van der Waals surface area (Å²) in [5.74, 6) is 0.537. The van der Waals surface area contributed by atoms with Crippen molar-refractivity contribution >= 4 is 11.8 Å². The molecule has 1 amide bonds. The minimum absolute atomic E-state index is 0.0977. The molecule has 1 aromatic rings. The van der Waals surface area contributed by atoms with E-state index >= 15 is 0 Å². The molecule has 0 saturated carbocycles. The first kappa shape index (κ1) is 13.6. The lowest BCUT2D eigenvalue weighted by Crippen LogP contribution is -2.26. The molecule has 0 atom stereocenters. The molecule has 0 aromatic heterocycles. The fraction of sp³-hybridized carbons (Fsp3) is 0.300. The maximum Gasteiger partial charge on any atom is 0.404 e. The number of nitro benzene ring substituents is 1. The molecule has 0 fully saturated rings. The van der Waals surface area contributed by atoms with Crippen molar-refractivity contribution in [2.24, 2.45) is 0 Å². The highest BCUT2D eigenvalue weighted by atomic mass is 16.6. The zero-order valence-corrected chi connectivity index (χ0v) is 9.58. The van der Waals surface area contributed by atoms with E-state index in [1.54, 1.807) is 0 Å². The van der Waals surface area contributed by atoms with Gasteiger partial charge in [-0.1, -0.05) is 0 Å². The number of methoxy groups -OCH3 is 1. The molecule has 0 aliphatic heterocycles. The van der Waals surface area contributed by atoms with Crippen LogP contribution in [0.4, 0.5) is 10.5 Å². The molecule has 0 unspecified atom stereocenters. The Morgan fingerprint density at radius 1 is 1.50 bits per heavy atom. The van der Waals surface area contributed by atoms with Crippen LogP contribution in [0.2, 0.25) is 0 Å². The number of carbonyl (C=O) groups is 1. The van der Waals surface area contributed by atoms with Crippen molar-refractivity contribution in [2.75, 3.05) is 20.3 Å². The number of nitrogens with zero attached hydrogens (tertiary/aromatic N) is 1. The summed E-state index contributed by atoms with van der Waals surface area (Å²) in [4.78, 5) is 20.2. The number of nitro groups is 1. The van der Waals surface area contributed by atoms with Crippen LogP contribution < -0.4 is 14.8 Å². The summed E-state index contributed by atoms with van der Waals surface area (Å²) in [6.45, 7) is 0.204. The molecule has 0 radical (unpaired) electrons. The lowest BCUT2D eigenvalue weighted by molar-refractivity contribution is -0.384. The summed E-state index contributed by atoms with van der Waals surface area (Å²) < 4.78 is 10.2. The molecule has 0 aliphatic rings. The SMILES string of the molecule is COc1cc([N+](=O)[O-])ccc1OCCNC(=O)O. The van der Waals surface area contributed by atoms with E-state index in [4.69, 9.17) is 14.6 Å². The minimum atomic E-state index is -1.14. The zero-order valence-electron chi connectivity index (χ0n) is 9.58. The van der Waals surface area contributed by atoms with Crippen LogP contribution in [0.5, 0.6) is 11.5 Å². The molecule has 1 aromatic carbocycles. The average Bonchev–Trinajstić information content (AvgIpc) is 2.34. The quantitative estimate of drug-likeness (QED) is 0.450. The minimum Gasteiger partial charge on any atom is -0.493 e. The monoisotopic (exact) mass is 256 g/mol. The highest BCUT2D eigenvalue weighted by Gasteiger charge is 2.12. The summed E-state index contributed by atoms with van der Waals surface area (Å²) in [6, 6.07) is 3.92. The Morgan fingerprint density at radius 2 is 2.22 bits per heavy atom. The van der Waals surface area contributed by atoms with Crippen molar-refractivity contribution < 1.29 is 24.3 Å². The van der Waals surface area contributed by atoms with Gasteiger partial charge >= 0.3 is 6.09 Å². The topological polar surface area (TPSA) is 111 Å². The molecule has 18 heavy (non-hydrogen) atoms. The Hall–Kier alpha value is -2.51. The van der Waals surface area contributed by atoms with E-state index in [0.717, 1.165) is 0 Å². The molecule has 0 bridgehead atoms. The second-order valence-corrected chi connectivity index (χ2v) is 3.17. The molecule has 0 saturated heterocycles. The predicted octanol–water partition coefficient (Wildman–Crippen LogP) is 1.25. The van der Waals surface area contributed by atoms with Gasteiger partial charge in [0.1, 0.15) is 6.61 Å². The second-order valence-electron chi connectivity index (χ2n) is 3.17. The van der Waals surface area contributed by atoms with Crippen molar-refractivity contribution in [3.8, 4) is 11.5 Å². The number of carboxylic acid groups (broad SMARTS) is 1. The first-order valence-electron chi connectivity index (χ1n) is 4.96. The number of benzene rings is 1. The first-order chi connectivity index (χ1) is 8.54. The zero-order chi connectivity index (χ0) is 13.5. The van der Waals surface area contributed by atoms with Crippen LogP contribution in [-0.4, -0.2) is 36.4 Å². The molecule has 0 spiro atoms. The summed E-state index contributed by atoms with van der Waals surface area (Å²) in [7, 11) is 1.36. The van der Waals surface area contributed by atoms with Gasteiger partial charge in [0.2, 0.25) is 0 Å². The second kappa shape index (κ2) is 6.28. The molecular weight excluding hydrogens is 244 g/mol. The maximum atomic E-state index is 10.5. The standard InChI is InChI=1S/C10H12N2O6/c1-17-9-6-7(12(15)16)2-3-8(9)18-5-4-11-10(13)14/h2-3,6,11H,4-5H2,1H3,(H,13,14). The Kier molecular flexibility index (Phi) is 4.73. The number of hydrogen-bond donors (Lipinski definition) is 2. The van der Waals surface area contributed by atoms with Gasteiger partial charge in [-0.15, -0.1) is 0 Å². The Morgan fingerprint density at radius 3 is 2.78 bits per heavy atom. The number of non-ortho nitro benzene ring substituents is 1. The van der Waals surface area contributed by atoms with Gasteiger partial charge in [0.25, 0.3) is 5.69 Å². The van der Waals surface area contributed by atoms with E-state index < -0.39 is 11.0 Å². The normalized spacial score (nSPS) is 9.61. The predicted molar refractivity (Wildman–Crippen MR) is 61.2 cm³/mol. The van der Waals surface area contributed by atoms with Crippen LogP contribution in [0.3, 0.4) is 0 Å². The van der Waals surface area contributed by atoms with Gasteiger partial charge < -0.3 is 19.9 Å². The van der Waals surface area contributed by atoms with E-state index in [1.165, 1.54) is 25.3 Å². The van der Waals surface area contributed by atoms with Crippen molar-refractivity contribution in [1.29, 1.82) is 0 Å². The maximum absolute atomic E-state index is 10.5. The van der Waals surface area contributed by atoms with Gasteiger partial charge in [0.05, 0.1) is 24.6 Å². The molecule has 8 heteroatoms. The smallest absolute Gasteiger partial charge is 0.404 e. The van der Waals surface area contributed by atoms with Crippen LogP contribution in [-0.2, 0) is 0 Å². The number of amides is 1. The van der Waals surface area contributed by atoms with E-state index in [2.05, 4.69) is 5.32 Å². The lowest BCUT2D eigenvalue weighted by Gasteiger charge is -2.10. The van der Waals surface area contributed by atoms with E-state index in [0.29, 0.717) is 5.75 Å². The third-order valence-corrected chi connectivity index (χ3v) is 1.99. The summed E-state index contributed by atoms with van der Waals surface area (Å²) in [5.41, 5.74) is -0.108. The molecule has 0 aliphatic carbocycles. The molecule has 2 N–H and O–H groups in total. The van der Waals surface area contributed by atoms with Crippen molar-refractivity contribution in [3.05, 3.63) is 28.3 Å². The van der Waals surface area contributed by atoms with Gasteiger partial charge in [-0.05, 0) is 6.07 Å². The van der Waals surface area contributed by atoms with E-state index in [1.807, 2.05) is 0 Å². The van der Waals surface area contributed by atoms with Gasteiger partial charge in [0, 0.05) is 6.07 Å². The Balaban J connectivity index is 2.65. The van der Waals surface area contributed by atoms with Gasteiger partial charge in [-0.25, -0.2) is 4.79 Å². The fourth-order valence-corrected chi connectivity index (χ4v) is 1.21. The third-order valence-electron chi connectivity index (χ3n) is 1.99. The van der Waals surface area contributed by atoms with Gasteiger partial charge in [-0.3, -0.25) is 10.1 Å². The van der Waals surface area contributed by atoms with E-state index in [9.17, 15) is 14.9 Å². The van der Waals surface area contributed by atoms with Crippen molar-refractivity contribution in [1.82, 2.24) is 5.32 Å². The number of ether oxygens (including phenoxy) is 2. The van der Waals surface area contributed by atoms with Crippen LogP contribution >= 0.6 is 0 Å². The van der Waals surface area contributed by atoms with Crippen LogP contribution in [0.15, 0.2) is 18.2 Å². The van der Waals surface area contributed by atoms with E-state index in [-0.39, 0.29) is 24.6 Å². The highest BCUT2D eigenvalue weighted by molar-refractivity contribution is 5.64. The Labute approximate surface area is 102 Å². The average molecular weight is 256 g/mol. The van der Waals surface area contributed by atoms with Crippen LogP contribution in [0.25, 0.3) is 0 Å². The molecular formula is C10H12N2O6. The molecule has 8 nitrogen and oxygen atoms in total. The van der Waals surface area contributed by atoms with Gasteiger partial charge in [-0.2, -0.15) is 0 Å². The first-order valence-corrected chi connectivity index (χ1v) is 4.96. The summed E-state index contributed by atoms with van der Waals surface area (Å²) in [6.07, 6.45) is -1.14. The number of hydrogen-bond acceptors (Lipinski definition) is 5. The highest BCUT2D eigenvalue weighted by Crippen LogP contribution is 2.30. The largest absolute Gasteiger partial charge is 0.493 e. The van der Waals surface area contributed by atoms with Crippen LogP contribution in [0, 0.1) is 10.1 Å². The van der Waals surface area contributed by atoms with Crippen molar-refractivity contribution in [2.45, 2.75) is 0 Å². The Bertz CT molecular complexity index is 448. The number of nitrogens with one attached hydrogen (secondary N) is 1. The van der Waals surface area contributed by atoms with Crippen LogP contribution in [0.1, 0.15) is 0 Å². The molecule has 0 heterocycles. The summed E-state index contributed by atoms with van der Waals surface area (Å²) >= 11 is 0. The van der Waals surface area contributed by atoms with Crippen molar-refractivity contribution in [3.63, 3.8) is 0 Å². The third kappa shape index (κ3) is 3.81. The fourth-order valence-electron chi connectivity index (χ4n) is 1.21. The molecule has 98 valence electrons. The molecule has 1 rings (SSSR count). The lowest BCUT2D eigenvalue weighted by atomic mass is 10.3. The van der Waals surface area contributed by atoms with Gasteiger partial charge in [0.15, 0.2) is 11.5 Å².